The van der Waals surface area contributed by atoms with Crippen molar-refractivity contribution in [2.24, 2.45) is 11.3 Å². The topological polar surface area (TPSA) is 144 Å². The van der Waals surface area contributed by atoms with Crippen LogP contribution in [0.4, 0.5) is 0 Å². The molecule has 1 aliphatic heterocycles. The van der Waals surface area contributed by atoms with Crippen molar-refractivity contribution in [3.05, 3.63) is 48.3 Å². The molecule has 3 aliphatic rings. The van der Waals surface area contributed by atoms with Gasteiger partial charge in [-0.25, -0.2) is 9.59 Å². The molecule has 2 saturated carbocycles. The molecule has 3 heterocycles. The first kappa shape index (κ1) is 29.3. The van der Waals surface area contributed by atoms with E-state index in [0.717, 1.165) is 0 Å². The molecule has 0 amide bonds. The Labute approximate surface area is 238 Å². The van der Waals surface area contributed by atoms with Gasteiger partial charge in [0.2, 0.25) is 11.5 Å². The molecule has 1 saturated heterocycles. The van der Waals surface area contributed by atoms with Crippen LogP contribution in [0.5, 0.6) is 0 Å². The van der Waals surface area contributed by atoms with Crippen LogP contribution in [0.2, 0.25) is 0 Å². The molecule has 224 valence electrons. The summed E-state index contributed by atoms with van der Waals surface area (Å²) in [6.45, 7) is 10.6. The van der Waals surface area contributed by atoms with E-state index in [2.05, 4.69) is 0 Å². The van der Waals surface area contributed by atoms with E-state index in [1.54, 1.807) is 26.0 Å². The lowest BCUT2D eigenvalue weighted by Crippen LogP contribution is -2.81. The monoisotopic (exact) mass is 574 g/mol. The zero-order valence-corrected chi connectivity index (χ0v) is 24.2. The van der Waals surface area contributed by atoms with Gasteiger partial charge in [0.25, 0.3) is 0 Å². The number of hydrogen-bond acceptors (Lipinski definition) is 11. The van der Waals surface area contributed by atoms with Crippen LogP contribution < -0.4 is 0 Å². The van der Waals surface area contributed by atoms with Gasteiger partial charge in [0.1, 0.15) is 23.9 Å². The van der Waals surface area contributed by atoms with E-state index >= 15 is 0 Å². The van der Waals surface area contributed by atoms with Crippen LogP contribution in [-0.2, 0) is 28.5 Å². The summed E-state index contributed by atoms with van der Waals surface area (Å²) in [4.78, 5) is 39.2. The maximum Gasteiger partial charge on any atom is 0.374 e. The highest BCUT2D eigenvalue weighted by atomic mass is 16.6. The quantitative estimate of drug-likeness (QED) is 0.360. The van der Waals surface area contributed by atoms with Gasteiger partial charge in [-0.15, -0.1) is 0 Å². The van der Waals surface area contributed by atoms with E-state index in [-0.39, 0.29) is 24.4 Å². The third kappa shape index (κ3) is 4.49. The number of hydrogen-bond donors (Lipinski definition) is 1. The Morgan fingerprint density at radius 3 is 2.10 bits per heavy atom. The lowest BCUT2D eigenvalue weighted by molar-refractivity contribution is -0.345. The summed E-state index contributed by atoms with van der Waals surface area (Å²) in [7, 11) is 0. The molecule has 5 rings (SSSR count). The maximum absolute atomic E-state index is 13.3. The van der Waals surface area contributed by atoms with Crippen molar-refractivity contribution in [2.45, 2.75) is 102 Å². The molecule has 2 aromatic rings. The summed E-state index contributed by atoms with van der Waals surface area (Å²) in [6.07, 6.45) is -0.239. The van der Waals surface area contributed by atoms with Gasteiger partial charge >= 0.3 is 17.9 Å². The van der Waals surface area contributed by atoms with Gasteiger partial charge in [-0.1, -0.05) is 6.92 Å². The molecule has 2 aliphatic carbocycles. The van der Waals surface area contributed by atoms with Crippen molar-refractivity contribution in [1.82, 2.24) is 0 Å². The molecule has 1 spiro atoms. The maximum atomic E-state index is 13.3. The fourth-order valence-electron chi connectivity index (χ4n) is 7.44. The average Bonchev–Trinajstić information content (AvgIpc) is 3.64. The minimum atomic E-state index is -1.70. The Kier molecular flexibility index (Phi) is 7.36. The molecule has 2 bridgehead atoms. The SMILES string of the molecule is CCCO[C@H]1C[C@@](C)(O)[C@]23OC(C)(C)[C@H](C[C@H](OC(=O)c4ccco4)[C@]2(C)[C@H]1OC(C)=O)[C@H]3OC(=O)c1ccco1. The number of fused-ring (bicyclic) bond motifs is 1. The third-order valence-electron chi connectivity index (χ3n) is 9.10. The Bertz CT molecular complexity index is 1260. The molecule has 11 nitrogen and oxygen atoms in total. The Morgan fingerprint density at radius 1 is 0.951 bits per heavy atom. The number of carbonyl (C=O) groups is 3. The van der Waals surface area contributed by atoms with Crippen molar-refractivity contribution in [3.8, 4) is 0 Å². The molecule has 3 fully saturated rings. The Morgan fingerprint density at radius 2 is 1.56 bits per heavy atom. The zero-order chi connectivity index (χ0) is 29.8. The number of furan rings is 2. The third-order valence-corrected chi connectivity index (χ3v) is 9.10. The molecular weight excluding hydrogens is 536 g/mol. The minimum Gasteiger partial charge on any atom is -0.459 e. The number of esters is 3. The van der Waals surface area contributed by atoms with Crippen molar-refractivity contribution in [1.29, 1.82) is 0 Å². The molecule has 11 heteroatoms. The van der Waals surface area contributed by atoms with Crippen LogP contribution in [-0.4, -0.2) is 70.8 Å². The van der Waals surface area contributed by atoms with Gasteiger partial charge in [0.05, 0.1) is 35.2 Å². The highest BCUT2D eigenvalue weighted by molar-refractivity contribution is 5.87. The molecule has 1 N–H and O–H groups in total. The largest absolute Gasteiger partial charge is 0.459 e. The van der Waals surface area contributed by atoms with Crippen molar-refractivity contribution in [3.63, 3.8) is 0 Å². The molecule has 2 aromatic heterocycles. The summed E-state index contributed by atoms with van der Waals surface area (Å²) in [5.74, 6) is -2.59. The predicted octanol–water partition coefficient (Wildman–Crippen LogP) is 4.08. The van der Waals surface area contributed by atoms with Crippen molar-refractivity contribution in [2.75, 3.05) is 6.61 Å². The van der Waals surface area contributed by atoms with Gasteiger partial charge in [-0.3, -0.25) is 4.79 Å². The summed E-state index contributed by atoms with van der Waals surface area (Å²) >= 11 is 0. The minimum absolute atomic E-state index is 0.00299. The predicted molar refractivity (Wildman–Crippen MR) is 141 cm³/mol. The summed E-state index contributed by atoms with van der Waals surface area (Å²) in [6, 6.07) is 6.11. The Hall–Kier alpha value is -3.15. The molecular formula is C30H38O11. The zero-order valence-electron chi connectivity index (χ0n) is 24.2. The average molecular weight is 575 g/mol. The van der Waals surface area contributed by atoms with Crippen LogP contribution in [0, 0.1) is 11.3 Å². The number of aliphatic hydroxyl groups is 1. The number of ether oxygens (including phenoxy) is 5. The number of carbonyl (C=O) groups excluding carboxylic acids is 3. The van der Waals surface area contributed by atoms with Gasteiger partial charge < -0.3 is 37.6 Å². The van der Waals surface area contributed by atoms with E-state index < -0.39 is 70.5 Å². The highest BCUT2D eigenvalue weighted by Gasteiger charge is 2.84. The van der Waals surface area contributed by atoms with E-state index in [1.807, 2.05) is 20.8 Å². The lowest BCUT2D eigenvalue weighted by Gasteiger charge is -2.65. The number of rotatable bonds is 8. The van der Waals surface area contributed by atoms with Crippen LogP contribution >= 0.6 is 0 Å². The van der Waals surface area contributed by atoms with Gasteiger partial charge in [-0.05, 0) is 64.8 Å². The smallest absolute Gasteiger partial charge is 0.374 e. The van der Waals surface area contributed by atoms with Crippen LogP contribution in [0.15, 0.2) is 45.6 Å². The van der Waals surface area contributed by atoms with Crippen molar-refractivity contribution < 1.29 is 52.0 Å². The standard InChI is InChI=1S/C30H38O11/c1-7-12-35-21-16-28(5,34)30-23(40-26(33)20-11-9-14-37-20)18(27(3,4)41-30)15-22(29(30,6)24(21)38-17(2)31)39-25(32)19-10-8-13-36-19/h8-11,13-14,18,21-24,34H,7,12,15-16H2,1-6H3/t18-,21+,22+,23-,24+,28-,29-,30+/m1/s1. The van der Waals surface area contributed by atoms with Gasteiger partial charge in [0, 0.05) is 25.9 Å². The second-order valence-corrected chi connectivity index (χ2v) is 12.2. The first-order valence-corrected chi connectivity index (χ1v) is 14.0. The second kappa shape index (κ2) is 10.3. The van der Waals surface area contributed by atoms with Crippen molar-refractivity contribution >= 4 is 17.9 Å². The summed E-state index contributed by atoms with van der Waals surface area (Å²) < 4.78 is 41.9. The van der Waals surface area contributed by atoms with Crippen LogP contribution in [0.3, 0.4) is 0 Å². The first-order chi connectivity index (χ1) is 19.3. The normalized spacial score (nSPS) is 37.2. The Balaban J connectivity index is 1.69. The van der Waals surface area contributed by atoms with Gasteiger partial charge in [0.15, 0.2) is 0 Å². The molecule has 0 aromatic carbocycles. The molecule has 0 unspecified atom stereocenters. The summed E-state index contributed by atoms with van der Waals surface area (Å²) in [5, 5.41) is 12.4. The van der Waals surface area contributed by atoms with E-state index in [4.69, 9.17) is 32.5 Å². The van der Waals surface area contributed by atoms with Crippen LogP contribution in [0.1, 0.15) is 81.9 Å². The molecule has 41 heavy (non-hydrogen) atoms. The lowest BCUT2D eigenvalue weighted by atomic mass is 9.47. The van der Waals surface area contributed by atoms with E-state index in [1.165, 1.54) is 31.6 Å². The van der Waals surface area contributed by atoms with Crippen LogP contribution in [0.25, 0.3) is 0 Å². The summed E-state index contributed by atoms with van der Waals surface area (Å²) in [5.41, 5.74) is -5.82. The van der Waals surface area contributed by atoms with E-state index in [0.29, 0.717) is 13.0 Å². The highest BCUT2D eigenvalue weighted by Crippen LogP contribution is 2.69. The van der Waals surface area contributed by atoms with E-state index in [9.17, 15) is 19.5 Å². The fourth-order valence-corrected chi connectivity index (χ4v) is 7.44. The fraction of sp³-hybridized carbons (Fsp3) is 0.633. The second-order valence-electron chi connectivity index (χ2n) is 12.2. The molecule has 8 atom stereocenters. The van der Waals surface area contributed by atoms with Gasteiger partial charge in [-0.2, -0.15) is 0 Å². The first-order valence-electron chi connectivity index (χ1n) is 14.0. The molecule has 0 radical (unpaired) electrons.